The molecule has 1 aliphatic carbocycles. The van der Waals surface area contributed by atoms with Crippen molar-refractivity contribution in [2.75, 3.05) is 11.9 Å². The minimum Gasteiger partial charge on any atom is -0.350 e. The van der Waals surface area contributed by atoms with E-state index in [0.29, 0.717) is 22.8 Å². The van der Waals surface area contributed by atoms with E-state index >= 15 is 0 Å². The molecule has 6 heteroatoms. The maximum atomic E-state index is 12.6. The summed E-state index contributed by atoms with van der Waals surface area (Å²) in [6.07, 6.45) is 9.34. The summed E-state index contributed by atoms with van der Waals surface area (Å²) in [5.41, 5.74) is 3.44. The van der Waals surface area contributed by atoms with E-state index in [1.54, 1.807) is 24.3 Å². The minimum absolute atomic E-state index is 0.230. The minimum atomic E-state index is -0.311. The Kier molecular flexibility index (Phi) is 6.82. The molecule has 1 aromatic heterocycles. The standard InChI is InChI=1S/C22H24ClN3O2/c1-15-18(23)8-5-9-19(15)26-21(27)17-11-13-24-20(14-17)22(28)25-12-10-16-6-3-2-4-7-16/h5-6,8-9,11,13-14H,2-4,7,10,12H2,1H3,(H,25,28)(H,26,27). The summed E-state index contributed by atoms with van der Waals surface area (Å²) < 4.78 is 0. The lowest BCUT2D eigenvalue weighted by molar-refractivity contribution is 0.0949. The van der Waals surface area contributed by atoms with Crippen LogP contribution in [0.15, 0.2) is 48.2 Å². The van der Waals surface area contributed by atoms with E-state index in [9.17, 15) is 9.59 Å². The van der Waals surface area contributed by atoms with E-state index in [0.717, 1.165) is 24.8 Å². The van der Waals surface area contributed by atoms with Crippen LogP contribution >= 0.6 is 11.6 Å². The van der Waals surface area contributed by atoms with Crippen molar-refractivity contribution in [3.8, 4) is 0 Å². The Hall–Kier alpha value is -2.66. The van der Waals surface area contributed by atoms with Crippen LogP contribution in [0, 0.1) is 6.92 Å². The number of carbonyl (C=O) groups is 2. The molecule has 3 rings (SSSR count). The number of hydrogen-bond donors (Lipinski definition) is 2. The van der Waals surface area contributed by atoms with E-state index in [2.05, 4.69) is 21.7 Å². The first-order valence-electron chi connectivity index (χ1n) is 9.53. The highest BCUT2D eigenvalue weighted by Gasteiger charge is 2.13. The number of anilines is 1. The van der Waals surface area contributed by atoms with Gasteiger partial charge in [0.25, 0.3) is 11.8 Å². The Balaban J connectivity index is 1.61. The molecule has 1 heterocycles. The van der Waals surface area contributed by atoms with E-state index in [1.807, 2.05) is 6.92 Å². The molecule has 0 saturated heterocycles. The molecular formula is C22H24ClN3O2. The van der Waals surface area contributed by atoms with Crippen molar-refractivity contribution < 1.29 is 9.59 Å². The largest absolute Gasteiger partial charge is 0.350 e. The third-order valence-electron chi connectivity index (χ3n) is 4.89. The first-order valence-corrected chi connectivity index (χ1v) is 9.91. The molecule has 0 bridgehead atoms. The van der Waals surface area contributed by atoms with Gasteiger partial charge in [-0.25, -0.2) is 0 Å². The number of halogens is 1. The van der Waals surface area contributed by atoms with E-state index in [4.69, 9.17) is 11.6 Å². The van der Waals surface area contributed by atoms with E-state index < -0.39 is 0 Å². The van der Waals surface area contributed by atoms with Gasteiger partial charge in [-0.3, -0.25) is 14.6 Å². The summed E-state index contributed by atoms with van der Waals surface area (Å²) >= 11 is 6.10. The fourth-order valence-electron chi connectivity index (χ4n) is 3.19. The van der Waals surface area contributed by atoms with Gasteiger partial charge in [0, 0.05) is 29.0 Å². The number of allylic oxidation sites excluding steroid dienone is 1. The number of rotatable bonds is 6. The Labute approximate surface area is 170 Å². The molecule has 0 fully saturated rings. The van der Waals surface area contributed by atoms with Crippen molar-refractivity contribution in [1.82, 2.24) is 10.3 Å². The smallest absolute Gasteiger partial charge is 0.269 e. The third-order valence-corrected chi connectivity index (χ3v) is 5.30. The number of amides is 2. The molecule has 2 amide bonds. The van der Waals surface area contributed by atoms with Crippen LogP contribution in [0.5, 0.6) is 0 Å². The molecule has 2 N–H and O–H groups in total. The zero-order valence-electron chi connectivity index (χ0n) is 15.9. The second kappa shape index (κ2) is 9.51. The fraction of sp³-hybridized carbons (Fsp3) is 0.318. The fourth-order valence-corrected chi connectivity index (χ4v) is 3.37. The molecule has 1 aliphatic rings. The van der Waals surface area contributed by atoms with Crippen molar-refractivity contribution in [2.45, 2.75) is 39.0 Å². The van der Waals surface area contributed by atoms with Gasteiger partial charge in [0.2, 0.25) is 0 Å². The van der Waals surface area contributed by atoms with E-state index in [-0.39, 0.29) is 17.5 Å². The molecule has 0 spiro atoms. The lowest BCUT2D eigenvalue weighted by atomic mass is 9.97. The maximum absolute atomic E-state index is 12.6. The van der Waals surface area contributed by atoms with Crippen LogP contribution in [0.1, 0.15) is 58.5 Å². The first-order chi connectivity index (χ1) is 13.5. The first kappa shape index (κ1) is 20.1. The molecular weight excluding hydrogens is 374 g/mol. The number of nitrogens with one attached hydrogen (secondary N) is 2. The molecule has 146 valence electrons. The number of pyridine rings is 1. The SMILES string of the molecule is Cc1c(Cl)cccc1NC(=O)c1ccnc(C(=O)NCCC2=CCCCC2)c1. The quantitative estimate of drug-likeness (QED) is 0.680. The van der Waals surface area contributed by atoms with Crippen LogP contribution < -0.4 is 10.6 Å². The summed E-state index contributed by atoms with van der Waals surface area (Å²) in [6.45, 7) is 2.41. The lowest BCUT2D eigenvalue weighted by Gasteiger charge is -2.13. The molecule has 0 radical (unpaired) electrons. The monoisotopic (exact) mass is 397 g/mol. The van der Waals surface area contributed by atoms with Gasteiger partial charge in [0.15, 0.2) is 0 Å². The molecule has 0 aliphatic heterocycles. The molecule has 0 unspecified atom stereocenters. The third kappa shape index (κ3) is 5.20. The average Bonchev–Trinajstić information content (AvgIpc) is 2.72. The maximum Gasteiger partial charge on any atom is 0.269 e. The number of nitrogens with zero attached hydrogens (tertiary/aromatic N) is 1. The number of benzene rings is 1. The van der Waals surface area contributed by atoms with Crippen molar-refractivity contribution >= 4 is 29.1 Å². The van der Waals surface area contributed by atoms with Crippen molar-refractivity contribution in [3.05, 3.63) is 70.0 Å². The van der Waals surface area contributed by atoms with Gasteiger partial charge in [-0.15, -0.1) is 0 Å². The Morgan fingerprint density at radius 2 is 2.04 bits per heavy atom. The van der Waals surface area contributed by atoms with E-state index in [1.165, 1.54) is 30.7 Å². The normalized spacial score (nSPS) is 13.6. The van der Waals surface area contributed by atoms with Crippen molar-refractivity contribution in [3.63, 3.8) is 0 Å². The molecule has 2 aromatic rings. The molecule has 1 aromatic carbocycles. The highest BCUT2D eigenvalue weighted by atomic mass is 35.5. The molecule has 0 atom stereocenters. The van der Waals surface area contributed by atoms with Crippen LogP contribution in [0.25, 0.3) is 0 Å². The zero-order valence-corrected chi connectivity index (χ0v) is 16.7. The topological polar surface area (TPSA) is 71.1 Å². The number of carbonyl (C=O) groups excluding carboxylic acids is 2. The van der Waals surface area contributed by atoms with Gasteiger partial charge < -0.3 is 10.6 Å². The van der Waals surface area contributed by atoms with Crippen LogP contribution in [0.4, 0.5) is 5.69 Å². The summed E-state index contributed by atoms with van der Waals surface area (Å²) in [5.74, 6) is -0.584. The average molecular weight is 398 g/mol. The summed E-state index contributed by atoms with van der Waals surface area (Å²) in [7, 11) is 0. The lowest BCUT2D eigenvalue weighted by Crippen LogP contribution is -2.26. The second-order valence-corrected chi connectivity index (χ2v) is 7.32. The number of hydrogen-bond acceptors (Lipinski definition) is 3. The Morgan fingerprint density at radius 3 is 2.82 bits per heavy atom. The van der Waals surface area contributed by atoms with Gasteiger partial charge in [-0.2, -0.15) is 0 Å². The highest BCUT2D eigenvalue weighted by molar-refractivity contribution is 6.31. The second-order valence-electron chi connectivity index (χ2n) is 6.91. The predicted octanol–water partition coefficient (Wildman–Crippen LogP) is 4.92. The summed E-state index contributed by atoms with van der Waals surface area (Å²) in [5, 5.41) is 6.30. The molecule has 0 saturated carbocycles. The van der Waals surface area contributed by atoms with Gasteiger partial charge in [-0.05, 0) is 68.9 Å². The molecule has 5 nitrogen and oxygen atoms in total. The van der Waals surface area contributed by atoms with Crippen LogP contribution in [0.2, 0.25) is 5.02 Å². The predicted molar refractivity (Wildman–Crippen MR) is 112 cm³/mol. The summed E-state index contributed by atoms with van der Waals surface area (Å²) in [4.78, 5) is 29.0. The molecule has 28 heavy (non-hydrogen) atoms. The van der Waals surface area contributed by atoms with Gasteiger partial charge >= 0.3 is 0 Å². The Bertz CT molecular complexity index is 908. The van der Waals surface area contributed by atoms with Crippen LogP contribution in [-0.2, 0) is 0 Å². The highest BCUT2D eigenvalue weighted by Crippen LogP contribution is 2.23. The van der Waals surface area contributed by atoms with Gasteiger partial charge in [0.1, 0.15) is 5.69 Å². The number of aromatic nitrogens is 1. The Morgan fingerprint density at radius 1 is 1.18 bits per heavy atom. The zero-order chi connectivity index (χ0) is 19.9. The summed E-state index contributed by atoms with van der Waals surface area (Å²) in [6, 6.07) is 8.42. The van der Waals surface area contributed by atoms with Crippen molar-refractivity contribution in [1.29, 1.82) is 0 Å². The van der Waals surface area contributed by atoms with Gasteiger partial charge in [-0.1, -0.05) is 29.3 Å². The van der Waals surface area contributed by atoms with Gasteiger partial charge in [0.05, 0.1) is 0 Å². The van der Waals surface area contributed by atoms with Crippen molar-refractivity contribution in [2.24, 2.45) is 0 Å². The van der Waals surface area contributed by atoms with Crippen LogP contribution in [-0.4, -0.2) is 23.3 Å². The van der Waals surface area contributed by atoms with Crippen LogP contribution in [0.3, 0.4) is 0 Å².